The molecule has 0 atom stereocenters. The Hall–Kier alpha value is -2.04. The van der Waals surface area contributed by atoms with Crippen LogP contribution in [0.15, 0.2) is 24.3 Å². The molecule has 1 aliphatic rings. The van der Waals surface area contributed by atoms with Crippen LogP contribution in [0.2, 0.25) is 0 Å². The summed E-state index contributed by atoms with van der Waals surface area (Å²) in [5.41, 5.74) is 0.387. The zero-order valence-electron chi connectivity index (χ0n) is 16.6. The SMILES string of the molecule is CC(C)c1ccccc1NC(=O)C1(NC(=O)OC(C)(C)C)CCCCC1. The number of hydrogen-bond acceptors (Lipinski definition) is 3. The summed E-state index contributed by atoms with van der Waals surface area (Å²) in [6.45, 7) is 9.65. The first-order chi connectivity index (χ1) is 12.1. The number of alkyl carbamates (subject to hydrolysis) is 1. The molecule has 2 rings (SSSR count). The molecule has 0 radical (unpaired) electrons. The highest BCUT2D eigenvalue weighted by molar-refractivity contribution is 6.00. The number of rotatable bonds is 4. The van der Waals surface area contributed by atoms with Gasteiger partial charge in [-0.05, 0) is 51.2 Å². The smallest absolute Gasteiger partial charge is 0.408 e. The second-order valence-corrected chi connectivity index (χ2v) is 8.47. The van der Waals surface area contributed by atoms with Crippen molar-refractivity contribution in [3.05, 3.63) is 29.8 Å². The summed E-state index contributed by atoms with van der Waals surface area (Å²) in [5, 5.41) is 5.95. The third kappa shape index (κ3) is 5.23. The topological polar surface area (TPSA) is 67.4 Å². The van der Waals surface area contributed by atoms with E-state index < -0.39 is 17.2 Å². The Morgan fingerprint density at radius 1 is 1.08 bits per heavy atom. The average molecular weight is 360 g/mol. The van der Waals surface area contributed by atoms with Crippen molar-refractivity contribution in [3.8, 4) is 0 Å². The van der Waals surface area contributed by atoms with Gasteiger partial charge in [0, 0.05) is 5.69 Å². The molecular formula is C21H32N2O3. The van der Waals surface area contributed by atoms with Crippen LogP contribution in [0.3, 0.4) is 0 Å². The van der Waals surface area contributed by atoms with Gasteiger partial charge in [0.1, 0.15) is 11.1 Å². The van der Waals surface area contributed by atoms with Crippen LogP contribution in [-0.2, 0) is 9.53 Å². The van der Waals surface area contributed by atoms with Crippen LogP contribution < -0.4 is 10.6 Å². The largest absolute Gasteiger partial charge is 0.444 e. The second-order valence-electron chi connectivity index (χ2n) is 8.47. The van der Waals surface area contributed by atoms with Crippen LogP contribution in [0.5, 0.6) is 0 Å². The van der Waals surface area contributed by atoms with Crippen molar-refractivity contribution in [1.82, 2.24) is 5.32 Å². The molecule has 2 amide bonds. The minimum Gasteiger partial charge on any atom is -0.444 e. The number of nitrogens with one attached hydrogen (secondary N) is 2. The van der Waals surface area contributed by atoms with Gasteiger partial charge in [0.25, 0.3) is 0 Å². The van der Waals surface area contributed by atoms with Crippen molar-refractivity contribution in [3.63, 3.8) is 0 Å². The van der Waals surface area contributed by atoms with Crippen molar-refractivity contribution in [2.24, 2.45) is 0 Å². The number of para-hydroxylation sites is 1. The summed E-state index contributed by atoms with van der Waals surface area (Å²) >= 11 is 0. The molecule has 26 heavy (non-hydrogen) atoms. The van der Waals surface area contributed by atoms with Gasteiger partial charge in [0.2, 0.25) is 5.91 Å². The van der Waals surface area contributed by atoms with Crippen molar-refractivity contribution >= 4 is 17.7 Å². The number of amides is 2. The van der Waals surface area contributed by atoms with E-state index in [9.17, 15) is 9.59 Å². The molecule has 0 heterocycles. The monoisotopic (exact) mass is 360 g/mol. The van der Waals surface area contributed by atoms with E-state index in [0.717, 1.165) is 30.5 Å². The van der Waals surface area contributed by atoms with Crippen LogP contribution in [0.1, 0.15) is 78.2 Å². The average Bonchev–Trinajstić information content (AvgIpc) is 2.54. The zero-order valence-corrected chi connectivity index (χ0v) is 16.6. The van der Waals surface area contributed by atoms with Gasteiger partial charge in [-0.15, -0.1) is 0 Å². The van der Waals surface area contributed by atoms with Gasteiger partial charge >= 0.3 is 6.09 Å². The first-order valence-electron chi connectivity index (χ1n) is 9.54. The minimum atomic E-state index is -0.912. The molecule has 0 saturated heterocycles. The highest BCUT2D eigenvalue weighted by Crippen LogP contribution is 2.31. The van der Waals surface area contributed by atoms with Crippen molar-refractivity contribution in [2.45, 2.75) is 83.8 Å². The Balaban J connectivity index is 2.21. The van der Waals surface area contributed by atoms with Gasteiger partial charge in [-0.3, -0.25) is 4.79 Å². The van der Waals surface area contributed by atoms with Gasteiger partial charge in [-0.25, -0.2) is 4.79 Å². The quantitative estimate of drug-likeness (QED) is 0.796. The molecule has 5 heteroatoms. The number of anilines is 1. The predicted molar refractivity (Wildman–Crippen MR) is 104 cm³/mol. The summed E-state index contributed by atoms with van der Waals surface area (Å²) in [5.74, 6) is 0.142. The molecule has 0 bridgehead atoms. The molecule has 1 aromatic carbocycles. The molecule has 1 saturated carbocycles. The van der Waals surface area contributed by atoms with E-state index in [4.69, 9.17) is 4.74 Å². The first kappa shape index (κ1) is 20.3. The highest BCUT2D eigenvalue weighted by atomic mass is 16.6. The summed E-state index contributed by atoms with van der Waals surface area (Å²) < 4.78 is 5.40. The van der Waals surface area contributed by atoms with Gasteiger partial charge in [-0.2, -0.15) is 0 Å². The molecule has 0 unspecified atom stereocenters. The van der Waals surface area contributed by atoms with E-state index in [1.54, 1.807) is 0 Å². The number of ether oxygens (including phenoxy) is 1. The molecule has 0 aromatic heterocycles. The normalized spacial score (nSPS) is 16.8. The van der Waals surface area contributed by atoms with Gasteiger partial charge in [0.05, 0.1) is 0 Å². The third-order valence-electron chi connectivity index (χ3n) is 4.71. The van der Waals surface area contributed by atoms with E-state index in [1.807, 2.05) is 45.0 Å². The maximum absolute atomic E-state index is 13.2. The van der Waals surface area contributed by atoms with E-state index >= 15 is 0 Å². The number of benzene rings is 1. The molecule has 2 N–H and O–H groups in total. The Bertz CT molecular complexity index is 641. The molecule has 0 aliphatic heterocycles. The number of carbonyl (C=O) groups is 2. The fraction of sp³-hybridized carbons (Fsp3) is 0.619. The number of carbonyl (C=O) groups excluding carboxylic acids is 2. The Labute approximate surface area is 156 Å². The Morgan fingerprint density at radius 3 is 2.27 bits per heavy atom. The van der Waals surface area contributed by atoms with Crippen molar-refractivity contribution in [1.29, 1.82) is 0 Å². The third-order valence-corrected chi connectivity index (χ3v) is 4.71. The van der Waals surface area contributed by atoms with Crippen LogP contribution in [-0.4, -0.2) is 23.1 Å². The predicted octanol–water partition coefficient (Wildman–Crippen LogP) is 4.98. The lowest BCUT2D eigenvalue weighted by atomic mass is 9.80. The lowest BCUT2D eigenvalue weighted by Crippen LogP contribution is -2.58. The molecule has 0 spiro atoms. The van der Waals surface area contributed by atoms with Gasteiger partial charge < -0.3 is 15.4 Å². The lowest BCUT2D eigenvalue weighted by molar-refractivity contribution is -0.123. The summed E-state index contributed by atoms with van der Waals surface area (Å²) in [7, 11) is 0. The molecule has 1 fully saturated rings. The van der Waals surface area contributed by atoms with Crippen LogP contribution >= 0.6 is 0 Å². The van der Waals surface area contributed by atoms with Gasteiger partial charge in [-0.1, -0.05) is 51.3 Å². The van der Waals surface area contributed by atoms with E-state index in [0.29, 0.717) is 18.8 Å². The lowest BCUT2D eigenvalue weighted by Gasteiger charge is -2.37. The van der Waals surface area contributed by atoms with Crippen LogP contribution in [0, 0.1) is 0 Å². The van der Waals surface area contributed by atoms with Crippen molar-refractivity contribution in [2.75, 3.05) is 5.32 Å². The first-order valence-corrected chi connectivity index (χ1v) is 9.54. The molecule has 5 nitrogen and oxygen atoms in total. The van der Waals surface area contributed by atoms with Gasteiger partial charge in [0.15, 0.2) is 0 Å². The molecular weight excluding hydrogens is 328 g/mol. The fourth-order valence-electron chi connectivity index (χ4n) is 3.42. The minimum absolute atomic E-state index is 0.156. The van der Waals surface area contributed by atoms with Crippen LogP contribution in [0.25, 0.3) is 0 Å². The maximum Gasteiger partial charge on any atom is 0.408 e. The molecule has 1 aromatic rings. The van der Waals surface area contributed by atoms with E-state index in [-0.39, 0.29) is 5.91 Å². The summed E-state index contributed by atoms with van der Waals surface area (Å²) in [6, 6.07) is 7.82. The Morgan fingerprint density at radius 2 is 1.69 bits per heavy atom. The summed E-state index contributed by atoms with van der Waals surface area (Å²) in [4.78, 5) is 25.5. The van der Waals surface area contributed by atoms with E-state index in [2.05, 4.69) is 24.5 Å². The van der Waals surface area contributed by atoms with Crippen molar-refractivity contribution < 1.29 is 14.3 Å². The van der Waals surface area contributed by atoms with Crippen LogP contribution in [0.4, 0.5) is 10.5 Å². The second kappa shape index (κ2) is 8.11. The zero-order chi connectivity index (χ0) is 19.4. The maximum atomic E-state index is 13.2. The van der Waals surface area contributed by atoms with E-state index in [1.165, 1.54) is 0 Å². The standard InChI is InChI=1S/C21H32N2O3/c1-15(2)16-11-7-8-12-17(16)22-18(24)21(13-9-6-10-14-21)23-19(25)26-20(3,4)5/h7-8,11-12,15H,6,9-10,13-14H2,1-5H3,(H,22,24)(H,23,25). The summed E-state index contributed by atoms with van der Waals surface area (Å²) in [6.07, 6.45) is 3.62. The number of hydrogen-bond donors (Lipinski definition) is 2. The Kier molecular flexibility index (Phi) is 6.32. The molecule has 1 aliphatic carbocycles. The fourth-order valence-corrected chi connectivity index (χ4v) is 3.42. The highest BCUT2D eigenvalue weighted by Gasteiger charge is 2.42. The molecule has 144 valence electrons.